The maximum Gasteiger partial charge on any atom is 0.236 e. The molecular weight excluding hydrogens is 220 g/mol. The molecule has 1 atom stereocenters. The van der Waals surface area contributed by atoms with Crippen molar-refractivity contribution in [2.45, 2.75) is 43.4 Å². The second-order valence-corrected chi connectivity index (χ2v) is 6.92. The van der Waals surface area contributed by atoms with Gasteiger partial charge >= 0.3 is 0 Å². The van der Waals surface area contributed by atoms with E-state index in [1.54, 1.807) is 0 Å². The second kappa shape index (κ2) is 4.96. The molecule has 1 unspecified atom stereocenters. The van der Waals surface area contributed by atoms with Gasteiger partial charge in [-0.1, -0.05) is 0 Å². The minimum atomic E-state index is 0.245. The van der Waals surface area contributed by atoms with Gasteiger partial charge in [-0.15, -0.1) is 0 Å². The van der Waals surface area contributed by atoms with Crippen molar-refractivity contribution in [3.8, 4) is 0 Å². The van der Waals surface area contributed by atoms with E-state index in [1.807, 2.05) is 23.7 Å². The highest BCUT2D eigenvalue weighted by atomic mass is 32.2. The Kier molecular flexibility index (Phi) is 3.80. The molecule has 1 saturated heterocycles. The van der Waals surface area contributed by atoms with Crippen LogP contribution in [-0.2, 0) is 4.79 Å². The number of hydrogen-bond acceptors (Lipinski definition) is 3. The van der Waals surface area contributed by atoms with E-state index in [0.717, 1.165) is 6.54 Å². The molecular formula is C12H22N2OS. The quantitative estimate of drug-likeness (QED) is 0.792. The predicted molar refractivity (Wildman–Crippen MR) is 68.8 cm³/mol. The van der Waals surface area contributed by atoms with Gasteiger partial charge in [0.1, 0.15) is 0 Å². The molecule has 0 bridgehead atoms. The van der Waals surface area contributed by atoms with Crippen LogP contribution in [0, 0.1) is 0 Å². The van der Waals surface area contributed by atoms with Crippen molar-refractivity contribution in [1.82, 2.24) is 10.2 Å². The molecule has 0 aromatic heterocycles. The third kappa shape index (κ3) is 3.14. The molecule has 1 amide bonds. The summed E-state index contributed by atoms with van der Waals surface area (Å²) in [5.41, 5.74) is 0. The first-order valence-electron chi connectivity index (χ1n) is 6.21. The molecule has 1 heterocycles. The number of rotatable bonds is 5. The third-order valence-corrected chi connectivity index (χ3v) is 5.10. The van der Waals surface area contributed by atoms with E-state index in [9.17, 15) is 4.79 Å². The number of thioether (sulfide) groups is 1. The van der Waals surface area contributed by atoms with Gasteiger partial charge in [-0.05, 0) is 38.4 Å². The Labute approximate surface area is 102 Å². The molecule has 92 valence electrons. The van der Waals surface area contributed by atoms with Crippen LogP contribution in [0.1, 0.15) is 32.6 Å². The van der Waals surface area contributed by atoms with Crippen molar-refractivity contribution in [2.75, 3.05) is 25.9 Å². The van der Waals surface area contributed by atoms with E-state index in [0.29, 0.717) is 17.3 Å². The first kappa shape index (κ1) is 12.2. The number of nitrogens with one attached hydrogen (secondary N) is 1. The predicted octanol–water partition coefficient (Wildman–Crippen LogP) is 1.48. The van der Waals surface area contributed by atoms with Gasteiger partial charge in [0.15, 0.2) is 0 Å². The third-order valence-electron chi connectivity index (χ3n) is 3.56. The molecule has 0 aromatic carbocycles. The first-order valence-corrected chi connectivity index (χ1v) is 7.20. The van der Waals surface area contributed by atoms with Gasteiger partial charge in [0.2, 0.25) is 5.91 Å². The van der Waals surface area contributed by atoms with Gasteiger partial charge < -0.3 is 10.2 Å². The fourth-order valence-electron chi connectivity index (χ4n) is 2.20. The summed E-state index contributed by atoms with van der Waals surface area (Å²) in [6, 6.07) is 0.533. The summed E-state index contributed by atoms with van der Waals surface area (Å²) in [5.74, 6) is 1.52. The van der Waals surface area contributed by atoms with Crippen LogP contribution in [0.2, 0.25) is 0 Å². The Bertz CT molecular complexity index is 260. The summed E-state index contributed by atoms with van der Waals surface area (Å²) in [6.07, 6.45) is 4.97. The molecule has 2 aliphatic rings. The summed E-state index contributed by atoms with van der Waals surface area (Å²) in [7, 11) is 1.92. The number of nitrogens with zero attached hydrogens (tertiary/aromatic N) is 1. The monoisotopic (exact) mass is 242 g/mol. The summed E-state index contributed by atoms with van der Waals surface area (Å²) in [4.78, 5) is 13.7. The van der Waals surface area contributed by atoms with Crippen LogP contribution < -0.4 is 5.32 Å². The van der Waals surface area contributed by atoms with E-state index in [-0.39, 0.29) is 5.91 Å². The maximum absolute atomic E-state index is 11.8. The zero-order valence-corrected chi connectivity index (χ0v) is 11.1. The molecule has 0 spiro atoms. The van der Waals surface area contributed by atoms with E-state index in [2.05, 4.69) is 12.2 Å². The van der Waals surface area contributed by atoms with Gasteiger partial charge in [0, 0.05) is 24.4 Å². The molecule has 4 heteroatoms. The average Bonchev–Trinajstić information content (AvgIpc) is 3.01. The highest BCUT2D eigenvalue weighted by Gasteiger charge is 2.31. The number of carbonyl (C=O) groups is 1. The number of amides is 1. The summed E-state index contributed by atoms with van der Waals surface area (Å²) in [6.45, 7) is 3.76. The van der Waals surface area contributed by atoms with Crippen LogP contribution in [-0.4, -0.2) is 47.5 Å². The van der Waals surface area contributed by atoms with Crippen LogP contribution in [0.15, 0.2) is 0 Å². The fraction of sp³-hybridized carbons (Fsp3) is 0.917. The van der Waals surface area contributed by atoms with Gasteiger partial charge in [0.05, 0.1) is 6.54 Å². The Morgan fingerprint density at radius 1 is 1.56 bits per heavy atom. The normalized spacial score (nSPS) is 29.4. The molecule has 1 saturated carbocycles. The SMILES string of the molecule is CN(C(=O)CNCC1(C)CCCS1)C1CC1. The standard InChI is InChI=1S/C12H22N2OS/c1-12(6-3-7-16-12)9-13-8-11(15)14(2)10-4-5-10/h10,13H,3-9H2,1-2H3. The maximum atomic E-state index is 11.8. The number of carbonyl (C=O) groups excluding carboxylic acids is 1. The summed E-state index contributed by atoms with van der Waals surface area (Å²) in [5, 5.41) is 3.32. The second-order valence-electron chi connectivity index (χ2n) is 5.24. The van der Waals surface area contributed by atoms with Crippen molar-refractivity contribution in [3.63, 3.8) is 0 Å². The lowest BCUT2D eigenvalue weighted by atomic mass is 10.1. The Hall–Kier alpha value is -0.220. The van der Waals surface area contributed by atoms with Crippen LogP contribution in [0.4, 0.5) is 0 Å². The van der Waals surface area contributed by atoms with E-state index >= 15 is 0 Å². The molecule has 0 aromatic rings. The molecule has 2 fully saturated rings. The smallest absolute Gasteiger partial charge is 0.236 e. The molecule has 2 rings (SSSR count). The van der Waals surface area contributed by atoms with Gasteiger partial charge in [-0.2, -0.15) is 11.8 Å². The number of hydrogen-bond donors (Lipinski definition) is 1. The van der Waals surface area contributed by atoms with Crippen LogP contribution in [0.3, 0.4) is 0 Å². The summed E-state index contributed by atoms with van der Waals surface area (Å²) >= 11 is 2.04. The van der Waals surface area contributed by atoms with Crippen molar-refractivity contribution < 1.29 is 4.79 Å². The van der Waals surface area contributed by atoms with Crippen molar-refractivity contribution >= 4 is 17.7 Å². The van der Waals surface area contributed by atoms with E-state index in [1.165, 1.54) is 31.4 Å². The van der Waals surface area contributed by atoms with Crippen LogP contribution in [0.25, 0.3) is 0 Å². The lowest BCUT2D eigenvalue weighted by Crippen LogP contribution is -2.41. The molecule has 1 N–H and O–H groups in total. The lowest BCUT2D eigenvalue weighted by molar-refractivity contribution is -0.129. The van der Waals surface area contributed by atoms with Crippen molar-refractivity contribution in [2.24, 2.45) is 0 Å². The van der Waals surface area contributed by atoms with Gasteiger partial charge in [0.25, 0.3) is 0 Å². The topological polar surface area (TPSA) is 32.3 Å². The minimum absolute atomic E-state index is 0.245. The Balaban J connectivity index is 1.65. The first-order chi connectivity index (χ1) is 7.61. The van der Waals surface area contributed by atoms with E-state index < -0.39 is 0 Å². The molecule has 1 aliphatic carbocycles. The molecule has 16 heavy (non-hydrogen) atoms. The van der Waals surface area contributed by atoms with Gasteiger partial charge in [-0.3, -0.25) is 4.79 Å². The van der Waals surface area contributed by atoms with Crippen molar-refractivity contribution in [3.05, 3.63) is 0 Å². The van der Waals surface area contributed by atoms with E-state index in [4.69, 9.17) is 0 Å². The lowest BCUT2D eigenvalue weighted by Gasteiger charge is -2.24. The molecule has 0 radical (unpaired) electrons. The largest absolute Gasteiger partial charge is 0.342 e. The summed E-state index contributed by atoms with van der Waals surface area (Å²) < 4.78 is 0.360. The molecule has 3 nitrogen and oxygen atoms in total. The van der Waals surface area contributed by atoms with Crippen LogP contribution in [0.5, 0.6) is 0 Å². The zero-order valence-electron chi connectivity index (χ0n) is 10.3. The minimum Gasteiger partial charge on any atom is -0.342 e. The Morgan fingerprint density at radius 3 is 2.88 bits per heavy atom. The highest BCUT2D eigenvalue weighted by molar-refractivity contribution is 8.00. The highest BCUT2D eigenvalue weighted by Crippen LogP contribution is 2.36. The average molecular weight is 242 g/mol. The Morgan fingerprint density at radius 2 is 2.31 bits per heavy atom. The molecule has 1 aliphatic heterocycles. The van der Waals surface area contributed by atoms with Crippen LogP contribution >= 0.6 is 11.8 Å². The zero-order chi connectivity index (χ0) is 11.6. The number of likely N-dealkylation sites (N-methyl/N-ethyl adjacent to an activating group) is 1. The fourth-order valence-corrected chi connectivity index (χ4v) is 3.47. The van der Waals surface area contributed by atoms with Crippen molar-refractivity contribution in [1.29, 1.82) is 0 Å². The van der Waals surface area contributed by atoms with Gasteiger partial charge in [-0.25, -0.2) is 0 Å².